The van der Waals surface area contributed by atoms with E-state index in [4.69, 9.17) is 5.73 Å². The fraction of sp³-hybridized carbons (Fsp3) is 0.375. The molecule has 1 aliphatic heterocycles. The maximum Gasteiger partial charge on any atom is 0.144 e. The lowest BCUT2D eigenvalue weighted by molar-refractivity contribution is 0.196. The number of nitrogens with zero attached hydrogens (tertiary/aromatic N) is 3. The smallest absolute Gasteiger partial charge is 0.144 e. The van der Waals surface area contributed by atoms with Crippen molar-refractivity contribution >= 4 is 5.82 Å². The van der Waals surface area contributed by atoms with Gasteiger partial charge in [0.1, 0.15) is 11.6 Å². The number of rotatable bonds is 3. The quantitative estimate of drug-likeness (QED) is 0.929. The van der Waals surface area contributed by atoms with Crippen molar-refractivity contribution in [3.05, 3.63) is 54.0 Å². The van der Waals surface area contributed by atoms with Crippen molar-refractivity contribution in [1.82, 2.24) is 14.9 Å². The van der Waals surface area contributed by atoms with Crippen molar-refractivity contribution < 1.29 is 0 Å². The van der Waals surface area contributed by atoms with Crippen LogP contribution in [-0.4, -0.2) is 28.0 Å². The van der Waals surface area contributed by atoms with Crippen LogP contribution < -0.4 is 5.73 Å². The van der Waals surface area contributed by atoms with E-state index in [-0.39, 0.29) is 0 Å². The molecule has 4 heteroatoms. The predicted molar refractivity (Wildman–Crippen MR) is 80.1 cm³/mol. The predicted octanol–water partition coefficient (Wildman–Crippen LogP) is 2.44. The van der Waals surface area contributed by atoms with Gasteiger partial charge in [-0.3, -0.25) is 4.90 Å². The molecule has 2 N–H and O–H groups in total. The summed E-state index contributed by atoms with van der Waals surface area (Å²) in [5.41, 5.74) is 7.15. The maximum atomic E-state index is 5.71. The van der Waals surface area contributed by atoms with E-state index in [1.165, 1.54) is 18.4 Å². The van der Waals surface area contributed by atoms with Gasteiger partial charge in [0.25, 0.3) is 0 Å². The molecule has 0 saturated carbocycles. The minimum Gasteiger partial charge on any atom is -0.384 e. The summed E-state index contributed by atoms with van der Waals surface area (Å²) in [6, 6.07) is 12.5. The van der Waals surface area contributed by atoms with Gasteiger partial charge in [-0.1, -0.05) is 30.3 Å². The number of nitrogen functional groups attached to an aromatic ring is 1. The van der Waals surface area contributed by atoms with E-state index in [1.807, 2.05) is 0 Å². The van der Waals surface area contributed by atoms with Crippen molar-refractivity contribution in [2.24, 2.45) is 0 Å². The normalized spacial score (nSPS) is 19.9. The number of aromatic nitrogens is 2. The van der Waals surface area contributed by atoms with Crippen molar-refractivity contribution in [3.63, 3.8) is 0 Å². The van der Waals surface area contributed by atoms with Crippen molar-refractivity contribution in [3.8, 4) is 0 Å². The van der Waals surface area contributed by atoms with Crippen LogP contribution in [0.5, 0.6) is 0 Å². The lowest BCUT2D eigenvalue weighted by Crippen LogP contribution is -2.34. The van der Waals surface area contributed by atoms with E-state index in [0.29, 0.717) is 11.7 Å². The number of nitrogens with two attached hydrogens (primary N) is 1. The summed E-state index contributed by atoms with van der Waals surface area (Å²) < 4.78 is 0. The molecule has 1 saturated heterocycles. The van der Waals surface area contributed by atoms with E-state index >= 15 is 0 Å². The topological polar surface area (TPSA) is 55.0 Å². The minimum atomic E-state index is 0.548. The lowest BCUT2D eigenvalue weighted by Gasteiger charge is -2.32. The Hall–Kier alpha value is -1.94. The van der Waals surface area contributed by atoms with Gasteiger partial charge in [-0.2, -0.15) is 0 Å². The van der Waals surface area contributed by atoms with Gasteiger partial charge in [0.15, 0.2) is 0 Å². The van der Waals surface area contributed by atoms with Crippen LogP contribution in [0, 0.1) is 0 Å². The third-order valence-electron chi connectivity index (χ3n) is 3.87. The second-order valence-electron chi connectivity index (χ2n) is 5.38. The molecule has 3 rings (SSSR count). The fourth-order valence-corrected chi connectivity index (χ4v) is 2.89. The Bertz CT molecular complexity index is 555. The second-order valence-corrected chi connectivity index (χ2v) is 5.38. The summed E-state index contributed by atoms with van der Waals surface area (Å²) in [4.78, 5) is 11.0. The molecule has 1 aromatic carbocycles. The van der Waals surface area contributed by atoms with E-state index in [9.17, 15) is 0 Å². The van der Waals surface area contributed by atoms with Crippen LogP contribution >= 0.6 is 0 Å². The van der Waals surface area contributed by atoms with Crippen LogP contribution in [0.1, 0.15) is 30.1 Å². The number of likely N-dealkylation sites (tertiary alicyclic amines) is 1. The highest BCUT2D eigenvalue weighted by Crippen LogP contribution is 2.27. The highest BCUT2D eigenvalue weighted by Gasteiger charge is 2.21. The van der Waals surface area contributed by atoms with Gasteiger partial charge in [-0.05, 0) is 36.9 Å². The number of benzene rings is 1. The SMILES string of the molecule is Nc1ccnc(CN2CCC[C@H](c3ccccc3)C2)n1. The summed E-state index contributed by atoms with van der Waals surface area (Å²) in [6.45, 7) is 2.97. The highest BCUT2D eigenvalue weighted by atomic mass is 15.2. The molecular formula is C16H20N4. The van der Waals surface area contributed by atoms with Crippen LogP contribution in [0.2, 0.25) is 0 Å². The molecule has 1 atom stereocenters. The van der Waals surface area contributed by atoms with Crippen LogP contribution in [0.15, 0.2) is 42.6 Å². The van der Waals surface area contributed by atoms with Crippen molar-refractivity contribution in [2.45, 2.75) is 25.3 Å². The Morgan fingerprint density at radius 3 is 2.85 bits per heavy atom. The molecule has 0 radical (unpaired) electrons. The van der Waals surface area contributed by atoms with E-state index in [2.05, 4.69) is 45.2 Å². The average molecular weight is 268 g/mol. The Morgan fingerprint density at radius 2 is 2.05 bits per heavy atom. The third kappa shape index (κ3) is 3.14. The van der Waals surface area contributed by atoms with Crippen LogP contribution in [0.25, 0.3) is 0 Å². The molecule has 0 spiro atoms. The summed E-state index contributed by atoms with van der Waals surface area (Å²) in [5, 5.41) is 0. The summed E-state index contributed by atoms with van der Waals surface area (Å²) in [7, 11) is 0. The lowest BCUT2D eigenvalue weighted by atomic mass is 9.91. The summed E-state index contributed by atoms with van der Waals surface area (Å²) >= 11 is 0. The molecular weight excluding hydrogens is 248 g/mol. The van der Waals surface area contributed by atoms with Gasteiger partial charge in [0.05, 0.1) is 6.54 Å². The second kappa shape index (κ2) is 6.01. The Morgan fingerprint density at radius 1 is 1.20 bits per heavy atom. The molecule has 0 bridgehead atoms. The van der Waals surface area contributed by atoms with Crippen LogP contribution in [0.4, 0.5) is 5.82 Å². The first-order chi connectivity index (χ1) is 9.81. The maximum absolute atomic E-state index is 5.71. The van der Waals surface area contributed by atoms with E-state index < -0.39 is 0 Å². The van der Waals surface area contributed by atoms with E-state index in [1.54, 1.807) is 12.3 Å². The first kappa shape index (κ1) is 13.1. The Kier molecular flexibility index (Phi) is 3.92. The molecule has 1 fully saturated rings. The van der Waals surface area contributed by atoms with Gasteiger partial charge >= 0.3 is 0 Å². The van der Waals surface area contributed by atoms with Crippen molar-refractivity contribution in [1.29, 1.82) is 0 Å². The zero-order chi connectivity index (χ0) is 13.8. The zero-order valence-electron chi connectivity index (χ0n) is 11.6. The third-order valence-corrected chi connectivity index (χ3v) is 3.87. The molecule has 104 valence electrons. The van der Waals surface area contributed by atoms with Crippen LogP contribution in [-0.2, 0) is 6.54 Å². The first-order valence-electron chi connectivity index (χ1n) is 7.16. The molecule has 2 heterocycles. The van der Waals surface area contributed by atoms with Gasteiger partial charge < -0.3 is 5.73 Å². The largest absolute Gasteiger partial charge is 0.384 e. The van der Waals surface area contributed by atoms with Gasteiger partial charge in [-0.25, -0.2) is 9.97 Å². The van der Waals surface area contributed by atoms with Crippen LogP contribution in [0.3, 0.4) is 0 Å². The van der Waals surface area contributed by atoms with Crippen molar-refractivity contribution in [2.75, 3.05) is 18.8 Å². The zero-order valence-corrected chi connectivity index (χ0v) is 11.6. The average Bonchev–Trinajstić information content (AvgIpc) is 2.48. The standard InChI is InChI=1S/C16H20N4/c17-15-8-9-18-16(19-15)12-20-10-4-7-14(11-20)13-5-2-1-3-6-13/h1-3,5-6,8-9,14H,4,7,10-12H2,(H2,17,18,19)/t14-/m0/s1. The molecule has 0 aliphatic carbocycles. The first-order valence-corrected chi connectivity index (χ1v) is 7.16. The molecule has 2 aromatic rings. The fourth-order valence-electron chi connectivity index (χ4n) is 2.89. The number of hydrogen-bond acceptors (Lipinski definition) is 4. The Balaban J connectivity index is 1.66. The summed E-state index contributed by atoms with van der Waals surface area (Å²) in [6.07, 6.45) is 4.22. The highest BCUT2D eigenvalue weighted by molar-refractivity contribution is 5.25. The number of piperidine rings is 1. The minimum absolute atomic E-state index is 0.548. The molecule has 0 unspecified atom stereocenters. The molecule has 1 aliphatic rings. The summed E-state index contributed by atoms with van der Waals surface area (Å²) in [5.74, 6) is 1.98. The molecule has 4 nitrogen and oxygen atoms in total. The van der Waals surface area contributed by atoms with Gasteiger partial charge in [0.2, 0.25) is 0 Å². The molecule has 0 amide bonds. The number of hydrogen-bond donors (Lipinski definition) is 1. The van der Waals surface area contributed by atoms with Gasteiger partial charge in [0, 0.05) is 12.7 Å². The monoisotopic (exact) mass is 268 g/mol. The molecule has 1 aromatic heterocycles. The van der Waals surface area contributed by atoms with Gasteiger partial charge in [-0.15, -0.1) is 0 Å². The Labute approximate surface area is 119 Å². The molecule has 20 heavy (non-hydrogen) atoms. The van der Waals surface area contributed by atoms with E-state index in [0.717, 1.165) is 25.5 Å². The number of anilines is 1.